The van der Waals surface area contributed by atoms with Gasteiger partial charge >= 0.3 is 6.18 Å². The fraction of sp³-hybridized carbons (Fsp3) is 0.432. The molecule has 4 aliphatic carbocycles. The van der Waals surface area contributed by atoms with E-state index in [4.69, 9.17) is 0 Å². The van der Waals surface area contributed by atoms with Gasteiger partial charge in [0.05, 0.1) is 17.4 Å². The second-order valence-corrected chi connectivity index (χ2v) is 14.6. The highest BCUT2D eigenvalue weighted by atomic mass is 19.4. The lowest BCUT2D eigenvalue weighted by Crippen LogP contribution is -2.51. The molecule has 4 aromatic rings. The fourth-order valence-electron chi connectivity index (χ4n) is 9.13. The first-order chi connectivity index (χ1) is 24.0. The van der Waals surface area contributed by atoms with Crippen LogP contribution in [0.25, 0.3) is 16.8 Å². The summed E-state index contributed by atoms with van der Waals surface area (Å²) in [5, 5.41) is 25.7. The molecule has 2 aromatic carbocycles. The third kappa shape index (κ3) is 6.40. The van der Waals surface area contributed by atoms with Crippen molar-refractivity contribution in [2.45, 2.75) is 44.7 Å². The average Bonchev–Trinajstić information content (AvgIpc) is 3.60. The van der Waals surface area contributed by atoms with Crippen LogP contribution in [0.3, 0.4) is 0 Å². The molecule has 50 heavy (non-hydrogen) atoms. The minimum absolute atomic E-state index is 0.0520. The molecule has 1 aliphatic heterocycles. The summed E-state index contributed by atoms with van der Waals surface area (Å²) >= 11 is 0. The van der Waals surface area contributed by atoms with E-state index in [1.165, 1.54) is 72.5 Å². The van der Waals surface area contributed by atoms with E-state index in [-0.39, 0.29) is 47.1 Å². The number of carbonyl (C=O) groups is 2. The Morgan fingerprint density at radius 1 is 0.880 bits per heavy atom. The zero-order chi connectivity index (χ0) is 34.6. The number of nitrogens with zero attached hydrogens (tertiary/aromatic N) is 6. The van der Waals surface area contributed by atoms with Crippen molar-refractivity contribution in [3.8, 4) is 22.6 Å². The lowest BCUT2D eigenvalue weighted by atomic mass is 9.49. The Bertz CT molecular complexity index is 1880. The number of piperazine rings is 1. The summed E-state index contributed by atoms with van der Waals surface area (Å²) in [5.41, 5.74) is 0.764. The molecule has 4 saturated carbocycles. The Labute approximate surface area is 287 Å². The molecule has 5 aliphatic rings. The van der Waals surface area contributed by atoms with Crippen LogP contribution >= 0.6 is 0 Å². The van der Waals surface area contributed by atoms with Gasteiger partial charge in [-0.2, -0.15) is 18.3 Å². The van der Waals surface area contributed by atoms with Crippen LogP contribution in [0.5, 0.6) is 5.75 Å². The number of phenolic OH excluding ortho intramolecular Hbond substituents is 1. The minimum Gasteiger partial charge on any atom is -0.508 e. The number of benzene rings is 2. The number of aromatic nitrogens is 4. The Kier molecular flexibility index (Phi) is 8.03. The molecule has 2 aromatic heterocycles. The summed E-state index contributed by atoms with van der Waals surface area (Å²) in [6.45, 7) is 2.02. The normalized spacial score (nSPS) is 24.4. The second-order valence-electron chi connectivity index (χ2n) is 14.6. The van der Waals surface area contributed by atoms with E-state index in [9.17, 15) is 27.9 Å². The van der Waals surface area contributed by atoms with Gasteiger partial charge in [0.15, 0.2) is 11.5 Å². The van der Waals surface area contributed by atoms with Gasteiger partial charge in [-0.15, -0.1) is 10.2 Å². The molecule has 1 saturated heterocycles. The van der Waals surface area contributed by atoms with Crippen molar-refractivity contribution in [2.75, 3.05) is 37.6 Å². The maximum absolute atomic E-state index is 14.0. The number of hydrogen-bond donors (Lipinski definition) is 2. The van der Waals surface area contributed by atoms with Gasteiger partial charge in [-0.3, -0.25) is 9.59 Å². The van der Waals surface area contributed by atoms with Gasteiger partial charge < -0.3 is 20.2 Å². The van der Waals surface area contributed by atoms with Gasteiger partial charge in [-0.25, -0.2) is 4.68 Å². The number of nitrogens with one attached hydrogen (secondary N) is 1. The summed E-state index contributed by atoms with van der Waals surface area (Å²) in [6, 6.07) is 13.1. The van der Waals surface area contributed by atoms with Gasteiger partial charge in [0.1, 0.15) is 5.75 Å². The molecule has 5 fully saturated rings. The third-order valence-corrected chi connectivity index (χ3v) is 11.1. The van der Waals surface area contributed by atoms with Gasteiger partial charge in [0, 0.05) is 50.0 Å². The van der Waals surface area contributed by atoms with Crippen LogP contribution in [-0.4, -0.2) is 74.5 Å². The van der Waals surface area contributed by atoms with E-state index < -0.39 is 17.6 Å². The molecule has 13 heteroatoms. The largest absolute Gasteiger partial charge is 0.508 e. The number of rotatable bonds is 7. The highest BCUT2D eigenvalue weighted by Crippen LogP contribution is 2.59. The molecule has 3 heterocycles. The zero-order valence-corrected chi connectivity index (χ0v) is 27.4. The lowest BCUT2D eigenvalue weighted by Gasteiger charge is -2.56. The van der Waals surface area contributed by atoms with Crippen LogP contribution < -0.4 is 10.2 Å². The molecule has 0 spiro atoms. The highest BCUT2D eigenvalue weighted by Gasteiger charge is 2.50. The molecular formula is C37H38F3N7O3. The van der Waals surface area contributed by atoms with Gasteiger partial charge in [-0.05, 0) is 110 Å². The van der Waals surface area contributed by atoms with E-state index in [2.05, 4.69) is 20.6 Å². The number of halogens is 3. The third-order valence-electron chi connectivity index (χ3n) is 11.1. The van der Waals surface area contributed by atoms with Crippen molar-refractivity contribution < 1.29 is 27.9 Å². The Morgan fingerprint density at radius 3 is 2.24 bits per heavy atom. The van der Waals surface area contributed by atoms with Crippen molar-refractivity contribution >= 4 is 17.6 Å². The van der Waals surface area contributed by atoms with Crippen LogP contribution in [0, 0.1) is 23.2 Å². The number of amides is 2. The van der Waals surface area contributed by atoms with Crippen LogP contribution in [0.4, 0.5) is 19.0 Å². The van der Waals surface area contributed by atoms with Crippen LogP contribution in [0.1, 0.15) is 64.9 Å². The first-order valence-electron chi connectivity index (χ1n) is 17.2. The fourth-order valence-corrected chi connectivity index (χ4v) is 9.13. The molecule has 10 nitrogen and oxygen atoms in total. The smallest absolute Gasteiger partial charge is 0.416 e. The van der Waals surface area contributed by atoms with Crippen LogP contribution in [-0.2, 0) is 6.18 Å². The minimum atomic E-state index is -4.68. The van der Waals surface area contributed by atoms with E-state index in [1.54, 1.807) is 30.5 Å². The number of hydrogen-bond acceptors (Lipinski definition) is 7. The zero-order valence-electron chi connectivity index (χ0n) is 27.4. The van der Waals surface area contributed by atoms with E-state index in [0.717, 1.165) is 29.9 Å². The summed E-state index contributed by atoms with van der Waals surface area (Å²) in [5.74, 6) is 2.31. The molecule has 0 unspecified atom stereocenters. The van der Waals surface area contributed by atoms with E-state index >= 15 is 0 Å². The summed E-state index contributed by atoms with van der Waals surface area (Å²) in [6.07, 6.45) is 6.04. The first-order valence-corrected chi connectivity index (χ1v) is 17.2. The number of phenols is 1. The SMILES string of the molecule is O=C(NCC12CC3CC(CC(C3)C1)C2)c1ccc(N2CCN(C(=O)c3cc(-n4cc(-c5cccc(O)c5)cn4)cc(C(F)(F)F)c3)CC2)nn1. The predicted molar refractivity (Wildman–Crippen MR) is 179 cm³/mol. The molecule has 0 radical (unpaired) electrons. The number of aromatic hydroxyl groups is 1. The maximum atomic E-state index is 14.0. The Hall–Kier alpha value is -4.94. The first kappa shape index (κ1) is 32.3. The van der Waals surface area contributed by atoms with E-state index in [0.29, 0.717) is 36.6 Å². The van der Waals surface area contributed by atoms with Gasteiger partial charge in [-0.1, -0.05) is 12.1 Å². The Balaban J connectivity index is 0.907. The topological polar surface area (TPSA) is 116 Å². The summed E-state index contributed by atoms with van der Waals surface area (Å²) < 4.78 is 43.2. The van der Waals surface area contributed by atoms with Gasteiger partial charge in [0.25, 0.3) is 11.8 Å². The molecule has 0 atom stereocenters. The number of anilines is 1. The van der Waals surface area contributed by atoms with Crippen molar-refractivity contribution in [3.05, 3.63) is 83.8 Å². The molecular weight excluding hydrogens is 647 g/mol. The number of alkyl halides is 3. The van der Waals surface area contributed by atoms with Crippen LogP contribution in [0.15, 0.2) is 67.0 Å². The molecule has 4 bridgehead atoms. The van der Waals surface area contributed by atoms with Crippen molar-refractivity contribution in [2.24, 2.45) is 23.2 Å². The van der Waals surface area contributed by atoms with Crippen molar-refractivity contribution in [1.29, 1.82) is 0 Å². The van der Waals surface area contributed by atoms with Crippen molar-refractivity contribution in [3.63, 3.8) is 0 Å². The standard InChI is InChI=1S/C37H38F3N7O3/c38-37(39,40)29-13-27(14-30(16-29)47-21-28(20-42-47)26-2-1-3-31(48)15-26)35(50)46-8-6-45(7-9-46)33-5-4-32(43-44-33)34(49)41-22-36-17-23-10-24(18-36)12-25(11-23)19-36/h1-5,13-16,20-21,23-25,48H,6-12,17-19,22H2,(H,41,49). The number of carbonyl (C=O) groups excluding carboxylic acids is 2. The molecule has 260 valence electrons. The highest BCUT2D eigenvalue weighted by molar-refractivity contribution is 5.95. The van der Waals surface area contributed by atoms with Gasteiger partial charge in [0.2, 0.25) is 0 Å². The maximum Gasteiger partial charge on any atom is 0.416 e. The molecule has 2 N–H and O–H groups in total. The van der Waals surface area contributed by atoms with E-state index in [1.807, 2.05) is 4.90 Å². The summed E-state index contributed by atoms with van der Waals surface area (Å²) in [4.78, 5) is 30.0. The molecule has 2 amide bonds. The Morgan fingerprint density at radius 2 is 1.60 bits per heavy atom. The lowest BCUT2D eigenvalue weighted by molar-refractivity contribution is -0.137. The summed E-state index contributed by atoms with van der Waals surface area (Å²) in [7, 11) is 0. The monoisotopic (exact) mass is 685 g/mol. The second kappa shape index (κ2) is 12.4. The predicted octanol–water partition coefficient (Wildman–Crippen LogP) is 5.96. The average molecular weight is 686 g/mol. The van der Waals surface area contributed by atoms with Crippen LogP contribution in [0.2, 0.25) is 0 Å². The molecule has 9 rings (SSSR count). The van der Waals surface area contributed by atoms with Crippen molar-refractivity contribution in [1.82, 2.24) is 30.2 Å². The quantitative estimate of drug-likeness (QED) is 0.247.